The molecule has 0 saturated carbocycles. The van der Waals surface area contributed by atoms with Crippen LogP contribution in [0.25, 0.3) is 10.4 Å². The second-order valence-corrected chi connectivity index (χ2v) is 7.34. The number of carbonyl (C=O) groups is 5. The number of azide groups is 1. The Balaban J connectivity index is 1.64. The Morgan fingerprint density at radius 3 is 2.68 bits per heavy atom. The van der Waals surface area contributed by atoms with Crippen LogP contribution in [-0.2, 0) is 14.4 Å². The lowest BCUT2D eigenvalue weighted by Gasteiger charge is -2.27. The van der Waals surface area contributed by atoms with E-state index in [0.29, 0.717) is 13.0 Å². The van der Waals surface area contributed by atoms with Crippen LogP contribution in [0.2, 0.25) is 0 Å². The highest BCUT2D eigenvalue weighted by Gasteiger charge is 2.45. The molecule has 0 radical (unpaired) electrons. The second kappa shape index (κ2) is 9.86. The van der Waals surface area contributed by atoms with Crippen LogP contribution in [0, 0.1) is 0 Å². The highest BCUT2D eigenvalue weighted by molar-refractivity contribution is 6.26. The third-order valence-electron chi connectivity index (χ3n) is 5.22. The molecule has 0 aromatic heterocycles. The number of carbonyl (C=O) groups excluding carboxylic acids is 5. The van der Waals surface area contributed by atoms with Crippen LogP contribution in [0.5, 0.6) is 0 Å². The van der Waals surface area contributed by atoms with Gasteiger partial charge in [-0.1, -0.05) is 24.0 Å². The van der Waals surface area contributed by atoms with Gasteiger partial charge in [0.15, 0.2) is 0 Å². The summed E-state index contributed by atoms with van der Waals surface area (Å²) in [5.74, 6) is -2.70. The van der Waals surface area contributed by atoms with Gasteiger partial charge in [-0.3, -0.25) is 34.2 Å². The second-order valence-electron chi connectivity index (χ2n) is 7.34. The molecule has 1 fully saturated rings. The van der Waals surface area contributed by atoms with Gasteiger partial charge >= 0.3 is 0 Å². The highest BCUT2D eigenvalue weighted by Crippen LogP contribution is 2.32. The monoisotopic (exact) mass is 426 g/mol. The summed E-state index contributed by atoms with van der Waals surface area (Å²) < 4.78 is 0. The van der Waals surface area contributed by atoms with Gasteiger partial charge in [0.25, 0.3) is 11.8 Å². The predicted molar refractivity (Wildman–Crippen MR) is 109 cm³/mol. The smallest absolute Gasteiger partial charge is 0.264 e. The number of benzene rings is 1. The largest absolute Gasteiger partial charge is 0.325 e. The van der Waals surface area contributed by atoms with E-state index in [-0.39, 0.29) is 42.0 Å². The first-order valence-electron chi connectivity index (χ1n) is 10.1. The fourth-order valence-corrected chi connectivity index (χ4v) is 3.70. The molecule has 1 aromatic carbocycles. The highest BCUT2D eigenvalue weighted by atomic mass is 16.2. The Hall–Kier alpha value is -3.72. The van der Waals surface area contributed by atoms with Crippen LogP contribution < -0.4 is 10.6 Å². The van der Waals surface area contributed by atoms with E-state index in [2.05, 4.69) is 20.7 Å². The standard InChI is InChI=1S/C20H22N6O5/c21-25-22-11-4-2-1-3-8-15(27)23-13-7-5-6-12-17(13)20(31)26(19(12)30)14-9-10-16(28)24-18(14)29/h5-7,14H,1-4,8-11H2,(H,23,27)(H,24,28,29). The van der Waals surface area contributed by atoms with Crippen molar-refractivity contribution >= 4 is 35.2 Å². The average Bonchev–Trinajstić information content (AvgIpc) is 2.99. The van der Waals surface area contributed by atoms with Gasteiger partial charge in [0.05, 0.1) is 16.8 Å². The number of nitrogens with one attached hydrogen (secondary N) is 2. The number of anilines is 1. The Kier molecular flexibility index (Phi) is 6.99. The Labute approximate surface area is 177 Å². The van der Waals surface area contributed by atoms with Gasteiger partial charge < -0.3 is 5.32 Å². The quantitative estimate of drug-likeness (QED) is 0.203. The molecule has 2 aliphatic heterocycles. The number of nitrogens with zero attached hydrogens (tertiary/aromatic N) is 4. The number of amides is 5. The summed E-state index contributed by atoms with van der Waals surface area (Å²) in [6.45, 7) is 0.429. The Morgan fingerprint density at radius 2 is 1.94 bits per heavy atom. The van der Waals surface area contributed by atoms with Crippen LogP contribution in [0.4, 0.5) is 5.69 Å². The number of piperidine rings is 1. The van der Waals surface area contributed by atoms with E-state index in [0.717, 1.165) is 24.2 Å². The summed E-state index contributed by atoms with van der Waals surface area (Å²) >= 11 is 0. The lowest BCUT2D eigenvalue weighted by Crippen LogP contribution is -2.54. The first-order chi connectivity index (χ1) is 14.9. The van der Waals surface area contributed by atoms with Crippen LogP contribution in [0.15, 0.2) is 23.3 Å². The number of unbranched alkanes of at least 4 members (excludes halogenated alkanes) is 3. The number of fused-ring (bicyclic) bond motifs is 1. The summed E-state index contributed by atoms with van der Waals surface area (Å²) in [6, 6.07) is 3.51. The van der Waals surface area contributed by atoms with E-state index in [1.165, 1.54) is 12.1 Å². The number of imide groups is 2. The molecule has 0 aliphatic carbocycles. The van der Waals surface area contributed by atoms with Gasteiger partial charge in [-0.15, -0.1) is 0 Å². The normalized spacial score (nSPS) is 17.8. The molecule has 3 rings (SSSR count). The maximum absolute atomic E-state index is 13.0. The molecule has 2 heterocycles. The minimum Gasteiger partial charge on any atom is -0.325 e. The maximum Gasteiger partial charge on any atom is 0.264 e. The Morgan fingerprint density at radius 1 is 1.16 bits per heavy atom. The molecule has 1 unspecified atom stereocenters. The van der Waals surface area contributed by atoms with Gasteiger partial charge in [-0.25, -0.2) is 0 Å². The van der Waals surface area contributed by atoms with E-state index < -0.39 is 29.7 Å². The van der Waals surface area contributed by atoms with E-state index in [4.69, 9.17) is 5.53 Å². The number of hydrogen-bond donors (Lipinski definition) is 2. The number of hydrogen-bond acceptors (Lipinski definition) is 6. The zero-order valence-corrected chi connectivity index (χ0v) is 16.8. The minimum atomic E-state index is -1.06. The molecule has 11 heteroatoms. The molecule has 1 atom stereocenters. The van der Waals surface area contributed by atoms with Crippen LogP contribution in [0.1, 0.15) is 65.7 Å². The summed E-state index contributed by atoms with van der Waals surface area (Å²) in [6.07, 6.45) is 3.36. The van der Waals surface area contributed by atoms with Crippen molar-refractivity contribution in [2.24, 2.45) is 5.11 Å². The van der Waals surface area contributed by atoms with Crippen molar-refractivity contribution in [2.75, 3.05) is 11.9 Å². The van der Waals surface area contributed by atoms with Gasteiger partial charge in [0.2, 0.25) is 17.7 Å². The molecule has 0 spiro atoms. The van der Waals surface area contributed by atoms with Crippen molar-refractivity contribution in [3.8, 4) is 0 Å². The van der Waals surface area contributed by atoms with Crippen molar-refractivity contribution in [1.29, 1.82) is 0 Å². The lowest BCUT2D eigenvalue weighted by atomic mass is 10.0. The molecule has 0 bridgehead atoms. The van der Waals surface area contributed by atoms with Crippen molar-refractivity contribution < 1.29 is 24.0 Å². The fourth-order valence-electron chi connectivity index (χ4n) is 3.70. The van der Waals surface area contributed by atoms with Gasteiger partial charge in [-0.05, 0) is 36.9 Å². The predicted octanol–water partition coefficient (Wildman–Crippen LogP) is 2.29. The molecular weight excluding hydrogens is 404 g/mol. The fraction of sp³-hybridized carbons (Fsp3) is 0.450. The minimum absolute atomic E-state index is 0.0380. The van der Waals surface area contributed by atoms with Crippen molar-refractivity contribution in [3.05, 3.63) is 39.8 Å². The van der Waals surface area contributed by atoms with Gasteiger partial charge in [0.1, 0.15) is 6.04 Å². The first kappa shape index (κ1) is 22.0. The Bertz CT molecular complexity index is 984. The van der Waals surface area contributed by atoms with E-state index >= 15 is 0 Å². The van der Waals surface area contributed by atoms with E-state index in [1.807, 2.05) is 0 Å². The van der Waals surface area contributed by atoms with E-state index in [9.17, 15) is 24.0 Å². The average molecular weight is 426 g/mol. The molecule has 162 valence electrons. The molecule has 1 saturated heterocycles. The summed E-state index contributed by atoms with van der Waals surface area (Å²) in [7, 11) is 0. The number of rotatable bonds is 9. The van der Waals surface area contributed by atoms with Crippen LogP contribution in [0.3, 0.4) is 0 Å². The topological polar surface area (TPSA) is 161 Å². The molecule has 5 amide bonds. The van der Waals surface area contributed by atoms with Crippen molar-refractivity contribution in [3.63, 3.8) is 0 Å². The molecule has 1 aromatic rings. The molecule has 31 heavy (non-hydrogen) atoms. The molecule has 2 N–H and O–H groups in total. The van der Waals surface area contributed by atoms with Crippen LogP contribution >= 0.6 is 0 Å². The third kappa shape index (κ3) is 4.89. The SMILES string of the molecule is [N-]=[N+]=NCCCCCCC(=O)Nc1cccc2c1C(=O)N(C1CCC(=O)NC1=O)C2=O. The maximum atomic E-state index is 13.0. The summed E-state index contributed by atoms with van der Waals surface area (Å²) in [5.41, 5.74) is 8.61. The van der Waals surface area contributed by atoms with E-state index in [1.54, 1.807) is 6.07 Å². The zero-order valence-electron chi connectivity index (χ0n) is 16.8. The molecule has 11 nitrogen and oxygen atoms in total. The van der Waals surface area contributed by atoms with Crippen LogP contribution in [-0.4, -0.2) is 47.0 Å². The van der Waals surface area contributed by atoms with Gasteiger partial charge in [-0.2, -0.15) is 0 Å². The third-order valence-corrected chi connectivity index (χ3v) is 5.22. The zero-order chi connectivity index (χ0) is 22.4. The summed E-state index contributed by atoms with van der Waals surface area (Å²) in [4.78, 5) is 65.2. The molecule has 2 aliphatic rings. The van der Waals surface area contributed by atoms with Crippen molar-refractivity contribution in [1.82, 2.24) is 10.2 Å². The first-order valence-corrected chi connectivity index (χ1v) is 10.1. The molecular formula is C20H22N6O5. The van der Waals surface area contributed by atoms with Gasteiger partial charge in [0, 0.05) is 24.3 Å². The van der Waals surface area contributed by atoms with Crippen molar-refractivity contribution in [2.45, 2.75) is 51.0 Å². The lowest BCUT2D eigenvalue weighted by molar-refractivity contribution is -0.136. The summed E-state index contributed by atoms with van der Waals surface area (Å²) in [5, 5.41) is 8.29.